The molecule has 2 heterocycles. The zero-order valence-electron chi connectivity index (χ0n) is 17.0. The van der Waals surface area contributed by atoms with Gasteiger partial charge in [-0.1, -0.05) is 41.9 Å². The lowest BCUT2D eigenvalue weighted by Crippen LogP contribution is -2.38. The van der Waals surface area contributed by atoms with Crippen molar-refractivity contribution in [2.24, 2.45) is 0 Å². The van der Waals surface area contributed by atoms with Crippen LogP contribution >= 0.6 is 23.4 Å². The molecule has 0 aliphatic carbocycles. The number of hydrogen-bond acceptors (Lipinski definition) is 5. The molecule has 164 valence electrons. The van der Waals surface area contributed by atoms with Crippen molar-refractivity contribution in [1.82, 2.24) is 9.80 Å². The number of carbonyl (C=O) groups excluding carboxylic acids is 4. The van der Waals surface area contributed by atoms with Crippen LogP contribution in [0.1, 0.15) is 23.2 Å². The van der Waals surface area contributed by atoms with Gasteiger partial charge in [0.1, 0.15) is 6.54 Å². The van der Waals surface area contributed by atoms with Gasteiger partial charge < -0.3 is 10.2 Å². The molecular formula is C23H20ClN3O4S. The number of halogens is 1. The van der Waals surface area contributed by atoms with Crippen molar-refractivity contribution >= 4 is 52.0 Å². The fraction of sp³-hybridized carbons (Fsp3) is 0.217. The van der Waals surface area contributed by atoms with E-state index in [4.69, 9.17) is 11.6 Å². The summed E-state index contributed by atoms with van der Waals surface area (Å²) in [5.41, 5.74) is 1.88. The van der Waals surface area contributed by atoms with Crippen molar-refractivity contribution in [2.45, 2.75) is 12.8 Å². The summed E-state index contributed by atoms with van der Waals surface area (Å²) in [5, 5.41) is 2.62. The summed E-state index contributed by atoms with van der Waals surface area (Å²) in [6.07, 6.45) is 0.975. The van der Waals surface area contributed by atoms with Crippen LogP contribution in [0.3, 0.4) is 0 Å². The zero-order valence-corrected chi connectivity index (χ0v) is 18.6. The minimum atomic E-state index is -0.463. The maximum absolute atomic E-state index is 12.8. The molecule has 32 heavy (non-hydrogen) atoms. The molecule has 0 unspecified atom stereocenters. The minimum absolute atomic E-state index is 0.152. The highest BCUT2D eigenvalue weighted by molar-refractivity contribution is 8.18. The summed E-state index contributed by atoms with van der Waals surface area (Å²) in [6.45, 7) is 0.520. The highest BCUT2D eigenvalue weighted by Gasteiger charge is 2.39. The number of benzene rings is 2. The van der Waals surface area contributed by atoms with Crippen LogP contribution in [0.5, 0.6) is 0 Å². The highest BCUT2D eigenvalue weighted by Crippen LogP contribution is 2.36. The fourth-order valence-electron chi connectivity index (χ4n) is 3.63. The van der Waals surface area contributed by atoms with Gasteiger partial charge in [-0.15, -0.1) is 0 Å². The normalized spacial score (nSPS) is 16.5. The summed E-state index contributed by atoms with van der Waals surface area (Å²) in [5.74, 6) is -1.05. The van der Waals surface area contributed by atoms with Gasteiger partial charge in [0.25, 0.3) is 17.1 Å². The third-order valence-electron chi connectivity index (χ3n) is 5.29. The Hall–Kier alpha value is -3.10. The Morgan fingerprint density at radius 3 is 2.31 bits per heavy atom. The van der Waals surface area contributed by atoms with Crippen molar-refractivity contribution in [3.05, 3.63) is 75.7 Å². The van der Waals surface area contributed by atoms with Crippen LogP contribution in [-0.2, 0) is 9.59 Å². The molecule has 9 heteroatoms. The molecule has 0 spiro atoms. The van der Waals surface area contributed by atoms with Gasteiger partial charge in [0.05, 0.1) is 15.5 Å². The molecule has 2 aromatic carbocycles. The van der Waals surface area contributed by atoms with E-state index in [-0.39, 0.29) is 12.5 Å². The van der Waals surface area contributed by atoms with E-state index in [0.29, 0.717) is 47.1 Å². The van der Waals surface area contributed by atoms with Gasteiger partial charge in [-0.25, -0.2) is 0 Å². The molecule has 7 nitrogen and oxygen atoms in total. The molecule has 0 aromatic heterocycles. The van der Waals surface area contributed by atoms with Crippen LogP contribution < -0.4 is 5.32 Å². The van der Waals surface area contributed by atoms with Crippen LogP contribution in [-0.4, -0.2) is 52.4 Å². The monoisotopic (exact) mass is 469 g/mol. The number of imide groups is 1. The number of anilines is 1. The summed E-state index contributed by atoms with van der Waals surface area (Å²) in [4.78, 5) is 53.3. The molecule has 0 radical (unpaired) electrons. The molecular weight excluding hydrogens is 450 g/mol. The molecule has 2 saturated heterocycles. The maximum atomic E-state index is 12.8. The lowest BCUT2D eigenvalue weighted by atomic mass is 10.0. The predicted molar refractivity (Wildman–Crippen MR) is 123 cm³/mol. The van der Waals surface area contributed by atoms with Gasteiger partial charge in [-0.2, -0.15) is 0 Å². The van der Waals surface area contributed by atoms with E-state index in [2.05, 4.69) is 5.32 Å². The molecule has 2 aromatic rings. The van der Waals surface area contributed by atoms with Gasteiger partial charge in [0.15, 0.2) is 0 Å². The topological polar surface area (TPSA) is 86.8 Å². The smallest absolute Gasteiger partial charge is 0.294 e. The molecule has 2 fully saturated rings. The maximum Gasteiger partial charge on any atom is 0.294 e. The predicted octanol–water partition coefficient (Wildman–Crippen LogP) is 4.16. The first-order chi connectivity index (χ1) is 15.4. The average molecular weight is 470 g/mol. The second-order valence-corrected chi connectivity index (χ2v) is 8.75. The summed E-state index contributed by atoms with van der Waals surface area (Å²) in [7, 11) is 0. The van der Waals surface area contributed by atoms with Crippen LogP contribution in [0.2, 0.25) is 5.02 Å². The molecule has 0 bridgehead atoms. The average Bonchev–Trinajstić information content (AvgIpc) is 3.08. The van der Waals surface area contributed by atoms with E-state index in [1.54, 1.807) is 53.4 Å². The van der Waals surface area contributed by atoms with E-state index in [1.165, 1.54) is 0 Å². The van der Waals surface area contributed by atoms with E-state index in [9.17, 15) is 19.2 Å². The third-order valence-corrected chi connectivity index (χ3v) is 6.68. The minimum Gasteiger partial charge on any atom is -0.338 e. The second-order valence-electron chi connectivity index (χ2n) is 7.38. The molecule has 0 atom stereocenters. The van der Waals surface area contributed by atoms with E-state index < -0.39 is 17.1 Å². The number of nitrogens with one attached hydrogen (secondary N) is 1. The largest absolute Gasteiger partial charge is 0.338 e. The van der Waals surface area contributed by atoms with Gasteiger partial charge in [0, 0.05) is 18.8 Å². The number of hydrogen-bond donors (Lipinski definition) is 1. The summed E-state index contributed by atoms with van der Waals surface area (Å²) in [6, 6.07) is 15.7. The highest BCUT2D eigenvalue weighted by atomic mass is 35.5. The van der Waals surface area contributed by atoms with Crippen molar-refractivity contribution in [3.63, 3.8) is 0 Å². The van der Waals surface area contributed by atoms with Crippen molar-refractivity contribution < 1.29 is 19.2 Å². The lowest BCUT2D eigenvalue weighted by Gasteiger charge is -2.29. The first-order valence-corrected chi connectivity index (χ1v) is 11.3. The molecule has 4 rings (SSSR count). The number of thioether (sulfide) groups is 1. The Bertz CT molecular complexity index is 1110. The SMILES string of the molecule is O=C(CN1C(=O)SC(=C2CCN(C(=O)c3ccccc3Cl)CC2)C1=O)Nc1ccccc1. The van der Waals surface area contributed by atoms with Crippen molar-refractivity contribution in [3.8, 4) is 0 Å². The summed E-state index contributed by atoms with van der Waals surface area (Å²) >= 11 is 6.99. The molecule has 4 amide bonds. The Morgan fingerprint density at radius 1 is 0.969 bits per heavy atom. The van der Waals surface area contributed by atoms with Crippen LogP contribution in [0.4, 0.5) is 10.5 Å². The van der Waals surface area contributed by atoms with E-state index >= 15 is 0 Å². The molecule has 0 saturated carbocycles. The molecule has 1 N–H and O–H groups in total. The number of rotatable bonds is 4. The quantitative estimate of drug-likeness (QED) is 0.679. The number of piperidine rings is 1. The Morgan fingerprint density at radius 2 is 1.62 bits per heavy atom. The number of amides is 4. The van der Waals surface area contributed by atoms with Gasteiger partial charge in [0.2, 0.25) is 5.91 Å². The van der Waals surface area contributed by atoms with E-state index in [0.717, 1.165) is 22.2 Å². The first kappa shape index (κ1) is 22.1. The van der Waals surface area contributed by atoms with E-state index in [1.807, 2.05) is 6.07 Å². The number of nitrogens with zero attached hydrogens (tertiary/aromatic N) is 2. The molecule has 2 aliphatic rings. The zero-order chi connectivity index (χ0) is 22.7. The van der Waals surface area contributed by atoms with Crippen LogP contribution in [0.15, 0.2) is 65.1 Å². The second kappa shape index (κ2) is 9.58. The Labute approximate surface area is 194 Å². The standard InChI is InChI=1S/C23H20ClN3O4S/c24-18-9-5-4-8-17(18)21(29)26-12-10-15(11-13-26)20-22(30)27(23(31)32-20)14-19(28)25-16-6-2-1-3-7-16/h1-9H,10-14H2,(H,25,28). The first-order valence-electron chi connectivity index (χ1n) is 10.1. The number of carbonyl (C=O) groups is 4. The van der Waals surface area contributed by atoms with Gasteiger partial charge in [-0.3, -0.25) is 24.1 Å². The summed E-state index contributed by atoms with van der Waals surface area (Å²) < 4.78 is 0. The van der Waals surface area contributed by atoms with Gasteiger partial charge in [-0.05, 0) is 54.4 Å². The Balaban J connectivity index is 1.39. The van der Waals surface area contributed by atoms with Crippen molar-refractivity contribution in [2.75, 3.05) is 25.0 Å². The number of para-hydroxylation sites is 1. The van der Waals surface area contributed by atoms with Gasteiger partial charge >= 0.3 is 0 Å². The third kappa shape index (κ3) is 4.71. The Kier molecular flexibility index (Phi) is 6.62. The fourth-order valence-corrected chi connectivity index (χ4v) is 4.82. The number of likely N-dealkylation sites (tertiary alicyclic amines) is 1. The van der Waals surface area contributed by atoms with Crippen LogP contribution in [0, 0.1) is 0 Å². The lowest BCUT2D eigenvalue weighted by molar-refractivity contribution is -0.127. The van der Waals surface area contributed by atoms with Crippen LogP contribution in [0.25, 0.3) is 0 Å². The molecule has 2 aliphatic heterocycles. The van der Waals surface area contributed by atoms with Crippen molar-refractivity contribution in [1.29, 1.82) is 0 Å².